The van der Waals surface area contributed by atoms with Crippen LogP contribution in [0.4, 0.5) is 34.1 Å². The van der Waals surface area contributed by atoms with E-state index in [1.807, 2.05) is 0 Å². The van der Waals surface area contributed by atoms with Gasteiger partial charge in [0.25, 0.3) is 0 Å². The molecule has 1 aliphatic rings. The van der Waals surface area contributed by atoms with Crippen molar-refractivity contribution in [1.82, 2.24) is 0 Å². The normalized spacial score (nSPS) is 12.5. The van der Waals surface area contributed by atoms with Crippen LogP contribution in [0.5, 0.6) is 0 Å². The van der Waals surface area contributed by atoms with Crippen molar-refractivity contribution < 1.29 is 0 Å². The summed E-state index contributed by atoms with van der Waals surface area (Å²) in [7, 11) is 0. The second-order valence-corrected chi connectivity index (χ2v) is 14.8. The Bertz CT molecular complexity index is 2550. The molecule has 0 radical (unpaired) electrons. The van der Waals surface area contributed by atoms with Crippen molar-refractivity contribution in [2.45, 2.75) is 26.2 Å². The molecule has 2 heteroatoms. The first-order chi connectivity index (χ1) is 26.4. The molecule has 0 atom stereocenters. The second-order valence-electron chi connectivity index (χ2n) is 14.8. The van der Waals surface area contributed by atoms with Crippen molar-refractivity contribution >= 4 is 34.1 Å². The highest BCUT2D eigenvalue weighted by Gasteiger charge is 2.37. The summed E-state index contributed by atoms with van der Waals surface area (Å²) in [5.74, 6) is 0. The van der Waals surface area contributed by atoms with E-state index >= 15 is 0 Å². The molecule has 260 valence electrons. The quantitative estimate of drug-likeness (QED) is 0.156. The molecule has 2 nitrogen and oxygen atoms in total. The van der Waals surface area contributed by atoms with Gasteiger partial charge in [-0.3, -0.25) is 0 Å². The van der Waals surface area contributed by atoms with Crippen LogP contribution in [0.2, 0.25) is 0 Å². The van der Waals surface area contributed by atoms with Gasteiger partial charge in [0.15, 0.2) is 0 Å². The minimum atomic E-state index is -0.205. The minimum Gasteiger partial charge on any atom is -0.310 e. The molecule has 0 heterocycles. The molecule has 8 aromatic rings. The minimum absolute atomic E-state index is 0.205. The molecular weight excluding hydrogens is 653 g/mol. The van der Waals surface area contributed by atoms with Gasteiger partial charge in [0.2, 0.25) is 0 Å². The fourth-order valence-corrected chi connectivity index (χ4v) is 8.10. The van der Waals surface area contributed by atoms with Gasteiger partial charge >= 0.3 is 0 Å². The zero-order chi connectivity index (χ0) is 36.6. The molecule has 0 spiro atoms. The Balaban J connectivity index is 1.07. The van der Waals surface area contributed by atoms with Gasteiger partial charge in [-0.1, -0.05) is 141 Å². The molecule has 0 fully saturated rings. The lowest BCUT2D eigenvalue weighted by molar-refractivity contribution is 0.660. The third-order valence-electron chi connectivity index (χ3n) is 10.9. The first-order valence-electron chi connectivity index (χ1n) is 18.8. The van der Waals surface area contributed by atoms with Gasteiger partial charge in [0.05, 0.1) is 0 Å². The van der Waals surface area contributed by atoms with Crippen LogP contribution in [-0.2, 0) is 5.41 Å². The van der Waals surface area contributed by atoms with E-state index in [0.717, 1.165) is 34.1 Å². The van der Waals surface area contributed by atoms with Crippen molar-refractivity contribution in [3.63, 3.8) is 0 Å². The van der Waals surface area contributed by atoms with E-state index in [4.69, 9.17) is 0 Å². The fraction of sp³-hybridized carbons (Fsp3) is 0.0769. The topological polar surface area (TPSA) is 6.48 Å². The molecule has 0 saturated carbocycles. The van der Waals surface area contributed by atoms with Crippen molar-refractivity contribution in [3.05, 3.63) is 217 Å². The number of anilines is 6. The van der Waals surface area contributed by atoms with Crippen LogP contribution < -0.4 is 9.80 Å². The van der Waals surface area contributed by atoms with E-state index in [-0.39, 0.29) is 5.41 Å². The van der Waals surface area contributed by atoms with Crippen molar-refractivity contribution in [2.75, 3.05) is 9.80 Å². The number of benzene rings is 8. The molecule has 0 unspecified atom stereocenters. The molecular formula is C52H42N2. The second kappa shape index (κ2) is 13.7. The fourth-order valence-electron chi connectivity index (χ4n) is 8.10. The summed E-state index contributed by atoms with van der Waals surface area (Å²) in [6.07, 6.45) is 0. The van der Waals surface area contributed by atoms with Crippen LogP contribution in [0, 0.1) is 6.92 Å². The zero-order valence-corrected chi connectivity index (χ0v) is 30.9. The van der Waals surface area contributed by atoms with Crippen LogP contribution in [0.15, 0.2) is 200 Å². The lowest BCUT2D eigenvalue weighted by atomic mass is 9.82. The van der Waals surface area contributed by atoms with Gasteiger partial charge in [0.1, 0.15) is 0 Å². The summed E-state index contributed by atoms with van der Waals surface area (Å²) in [6, 6.07) is 72.6. The van der Waals surface area contributed by atoms with Crippen LogP contribution in [0.3, 0.4) is 0 Å². The average molecular weight is 695 g/mol. The highest BCUT2D eigenvalue weighted by molar-refractivity contribution is 5.88. The van der Waals surface area contributed by atoms with Gasteiger partial charge in [-0.25, -0.2) is 0 Å². The first kappa shape index (κ1) is 33.2. The molecule has 54 heavy (non-hydrogen) atoms. The lowest BCUT2D eigenvalue weighted by Crippen LogP contribution is -2.17. The smallest absolute Gasteiger partial charge is 0.0465 e. The van der Waals surface area contributed by atoms with Crippen LogP contribution >= 0.6 is 0 Å². The Morgan fingerprint density at radius 3 is 1.15 bits per heavy atom. The van der Waals surface area contributed by atoms with Gasteiger partial charge < -0.3 is 9.80 Å². The molecule has 0 aliphatic heterocycles. The third-order valence-corrected chi connectivity index (χ3v) is 10.9. The van der Waals surface area contributed by atoms with E-state index < -0.39 is 0 Å². The predicted molar refractivity (Wildman–Crippen MR) is 229 cm³/mol. The van der Waals surface area contributed by atoms with Gasteiger partial charge in [0, 0.05) is 39.5 Å². The molecule has 0 bridgehead atoms. The first-order valence-corrected chi connectivity index (χ1v) is 18.8. The molecule has 0 amide bonds. The number of aryl methyl sites for hydroxylation is 1. The maximum Gasteiger partial charge on any atom is 0.0465 e. The molecule has 0 N–H and O–H groups in total. The Labute approximate surface area is 319 Å². The number of para-hydroxylation sites is 2. The highest BCUT2D eigenvalue weighted by Crippen LogP contribution is 2.52. The van der Waals surface area contributed by atoms with Crippen molar-refractivity contribution in [1.29, 1.82) is 0 Å². The molecule has 9 rings (SSSR count). The van der Waals surface area contributed by atoms with E-state index in [2.05, 4.69) is 231 Å². The molecule has 8 aromatic carbocycles. The summed E-state index contributed by atoms with van der Waals surface area (Å²) >= 11 is 0. The van der Waals surface area contributed by atoms with Gasteiger partial charge in [-0.2, -0.15) is 0 Å². The average Bonchev–Trinajstić information content (AvgIpc) is 3.44. The molecule has 0 aromatic heterocycles. The monoisotopic (exact) mass is 694 g/mol. The van der Waals surface area contributed by atoms with Gasteiger partial charge in [-0.05, 0) is 130 Å². The molecule has 1 aliphatic carbocycles. The van der Waals surface area contributed by atoms with Gasteiger partial charge in [-0.15, -0.1) is 0 Å². The third kappa shape index (κ3) is 6.06. The Kier molecular flexibility index (Phi) is 8.44. The number of rotatable bonds is 8. The number of hydrogen-bond acceptors (Lipinski definition) is 2. The van der Waals surface area contributed by atoms with Crippen LogP contribution in [0.1, 0.15) is 30.5 Å². The summed E-state index contributed by atoms with van der Waals surface area (Å²) in [5, 5.41) is 0. The summed E-state index contributed by atoms with van der Waals surface area (Å²) < 4.78 is 0. The highest BCUT2D eigenvalue weighted by atomic mass is 15.1. The summed E-state index contributed by atoms with van der Waals surface area (Å²) in [4.78, 5) is 4.75. The van der Waals surface area contributed by atoms with Crippen molar-refractivity contribution in [2.24, 2.45) is 0 Å². The van der Waals surface area contributed by atoms with Crippen molar-refractivity contribution in [3.8, 4) is 33.4 Å². The van der Waals surface area contributed by atoms with E-state index in [9.17, 15) is 0 Å². The predicted octanol–water partition coefficient (Wildman–Crippen LogP) is 14.6. The number of nitrogens with zero attached hydrogens (tertiary/aromatic N) is 2. The number of fused-ring (bicyclic) bond motifs is 3. The summed E-state index contributed by atoms with van der Waals surface area (Å²) in [5.41, 5.74) is 18.0. The SMILES string of the molecule is Cc1cccc(N(c2ccccc2)c2ccc3c(c2)C(C)(C)c2cc(N(c4ccccc4)c4ccc(-c5ccc(-c6ccccc6)cc5)cc4)ccc2-3)c1. The standard InChI is InChI=1S/C52H42N2/c1-37-14-13-21-45(34-37)54(43-19-11-6-12-20-43)47-31-33-49-48-32-30-46(35-50(48)52(2,3)51(49)36-47)53(42-17-9-5-10-18-42)44-28-26-41(27-29-44)40-24-22-39(23-25-40)38-15-7-4-8-16-38/h4-36H,1-3H3. The summed E-state index contributed by atoms with van der Waals surface area (Å²) in [6.45, 7) is 6.90. The Morgan fingerprint density at radius 2 is 0.667 bits per heavy atom. The Hall–Kier alpha value is -6.64. The maximum absolute atomic E-state index is 2.41. The van der Waals surface area contributed by atoms with E-state index in [1.54, 1.807) is 0 Å². The zero-order valence-electron chi connectivity index (χ0n) is 30.9. The Morgan fingerprint density at radius 1 is 0.315 bits per heavy atom. The van der Waals surface area contributed by atoms with Crippen LogP contribution in [0.25, 0.3) is 33.4 Å². The number of hydrogen-bond donors (Lipinski definition) is 0. The lowest BCUT2D eigenvalue weighted by Gasteiger charge is -2.29. The van der Waals surface area contributed by atoms with E-state index in [0.29, 0.717) is 0 Å². The maximum atomic E-state index is 2.41. The van der Waals surface area contributed by atoms with E-state index in [1.165, 1.54) is 50.1 Å². The van der Waals surface area contributed by atoms with Crippen LogP contribution in [-0.4, -0.2) is 0 Å². The molecule has 0 saturated heterocycles. The largest absolute Gasteiger partial charge is 0.310 e.